The van der Waals surface area contributed by atoms with Gasteiger partial charge in [0, 0.05) is 24.9 Å². The Morgan fingerprint density at radius 2 is 2.15 bits per heavy atom. The average Bonchev–Trinajstić information content (AvgIpc) is 3.31. The van der Waals surface area contributed by atoms with Crippen molar-refractivity contribution >= 4 is 17.3 Å². The number of nitrogens with one attached hydrogen (secondary N) is 1. The van der Waals surface area contributed by atoms with Crippen molar-refractivity contribution in [1.29, 1.82) is 0 Å². The van der Waals surface area contributed by atoms with E-state index in [4.69, 9.17) is 9.47 Å². The molecule has 2 aliphatic rings. The second-order valence-corrected chi connectivity index (χ2v) is 7.91. The number of nitrogens with zero attached hydrogens (tertiary/aromatic N) is 1. The maximum absolute atomic E-state index is 14.7. The predicted octanol–water partition coefficient (Wildman–Crippen LogP) is 3.97. The van der Waals surface area contributed by atoms with Gasteiger partial charge in [0.15, 0.2) is 0 Å². The van der Waals surface area contributed by atoms with E-state index in [1.807, 2.05) is 0 Å². The van der Waals surface area contributed by atoms with Crippen molar-refractivity contribution in [3.8, 4) is 0 Å². The van der Waals surface area contributed by atoms with Crippen LogP contribution in [0.25, 0.3) is 0 Å². The van der Waals surface area contributed by atoms with Gasteiger partial charge in [0.25, 0.3) is 5.91 Å². The van der Waals surface area contributed by atoms with E-state index in [-0.39, 0.29) is 17.8 Å². The Morgan fingerprint density at radius 1 is 1.33 bits per heavy atom. The summed E-state index contributed by atoms with van der Waals surface area (Å²) in [6.45, 7) is 8.09. The summed E-state index contributed by atoms with van der Waals surface area (Å²) in [5.41, 5.74) is 1.07. The third kappa shape index (κ3) is 4.99. The summed E-state index contributed by atoms with van der Waals surface area (Å²) in [4.78, 5) is 14.5. The first kappa shape index (κ1) is 20.1. The van der Waals surface area contributed by atoms with Crippen LogP contribution in [0, 0.1) is 11.7 Å². The van der Waals surface area contributed by atoms with E-state index >= 15 is 0 Å². The highest BCUT2D eigenvalue weighted by molar-refractivity contribution is 5.94. The summed E-state index contributed by atoms with van der Waals surface area (Å²) in [5, 5.41) is 2.75. The maximum atomic E-state index is 14.7. The number of ether oxygens (including phenoxy) is 2. The first-order valence-corrected chi connectivity index (χ1v) is 10.1. The molecule has 3 atom stereocenters. The number of benzene rings is 1. The van der Waals surface area contributed by atoms with Crippen LogP contribution in [0.1, 0.15) is 46.5 Å². The third-order valence-electron chi connectivity index (χ3n) is 5.52. The van der Waals surface area contributed by atoms with E-state index < -0.39 is 6.10 Å². The van der Waals surface area contributed by atoms with Gasteiger partial charge in [-0.3, -0.25) is 4.79 Å². The fourth-order valence-corrected chi connectivity index (χ4v) is 3.95. The molecule has 0 bridgehead atoms. The van der Waals surface area contributed by atoms with E-state index in [1.165, 1.54) is 6.07 Å². The van der Waals surface area contributed by atoms with E-state index in [1.54, 1.807) is 19.1 Å². The Bertz CT molecular complexity index is 646. The molecule has 3 unspecified atom stereocenters. The molecule has 1 aromatic rings. The summed E-state index contributed by atoms with van der Waals surface area (Å²) in [7, 11) is 0. The molecule has 3 rings (SSSR count). The predicted molar refractivity (Wildman–Crippen MR) is 105 cm³/mol. The second-order valence-electron chi connectivity index (χ2n) is 7.91. The van der Waals surface area contributed by atoms with Gasteiger partial charge in [-0.05, 0) is 56.7 Å². The lowest BCUT2D eigenvalue weighted by Crippen LogP contribution is -2.34. The fourth-order valence-electron chi connectivity index (χ4n) is 3.95. The molecule has 1 aromatic carbocycles. The molecule has 2 saturated heterocycles. The Labute approximate surface area is 161 Å². The van der Waals surface area contributed by atoms with Crippen LogP contribution in [0.2, 0.25) is 0 Å². The minimum absolute atomic E-state index is 0.0753. The van der Waals surface area contributed by atoms with E-state index in [0.29, 0.717) is 29.9 Å². The zero-order chi connectivity index (χ0) is 19.4. The van der Waals surface area contributed by atoms with E-state index in [0.717, 1.165) is 38.8 Å². The Hall–Kier alpha value is -1.66. The van der Waals surface area contributed by atoms with Crippen LogP contribution in [0.15, 0.2) is 18.2 Å². The molecule has 0 saturated carbocycles. The zero-order valence-corrected chi connectivity index (χ0v) is 16.5. The molecule has 0 spiro atoms. The number of halogens is 1. The fraction of sp³-hybridized carbons (Fsp3) is 0.667. The highest BCUT2D eigenvalue weighted by Crippen LogP contribution is 2.32. The van der Waals surface area contributed by atoms with Crippen LogP contribution in [0.5, 0.6) is 0 Å². The summed E-state index contributed by atoms with van der Waals surface area (Å²) < 4.78 is 25.8. The van der Waals surface area contributed by atoms with Crippen molar-refractivity contribution in [2.75, 3.05) is 30.0 Å². The molecule has 1 amide bonds. The molecule has 0 radical (unpaired) electrons. The van der Waals surface area contributed by atoms with Crippen LogP contribution >= 0.6 is 0 Å². The third-order valence-corrected chi connectivity index (χ3v) is 5.52. The van der Waals surface area contributed by atoms with E-state index in [9.17, 15) is 9.18 Å². The van der Waals surface area contributed by atoms with Crippen molar-refractivity contribution < 1.29 is 18.7 Å². The van der Waals surface area contributed by atoms with Crippen molar-refractivity contribution in [3.05, 3.63) is 24.0 Å². The highest BCUT2D eigenvalue weighted by atomic mass is 19.1. The van der Waals surface area contributed by atoms with Gasteiger partial charge < -0.3 is 19.7 Å². The molecular formula is C21H31FN2O3. The van der Waals surface area contributed by atoms with E-state index in [2.05, 4.69) is 24.1 Å². The van der Waals surface area contributed by atoms with Crippen LogP contribution < -0.4 is 10.2 Å². The summed E-state index contributed by atoms with van der Waals surface area (Å²) in [5.74, 6) is -0.0946. The molecule has 1 N–H and O–H groups in total. The molecule has 27 heavy (non-hydrogen) atoms. The minimum Gasteiger partial charge on any atom is -0.376 e. The molecule has 150 valence electrons. The van der Waals surface area contributed by atoms with Crippen molar-refractivity contribution in [2.24, 2.45) is 5.92 Å². The number of anilines is 2. The molecule has 2 fully saturated rings. The van der Waals surface area contributed by atoms with Crippen molar-refractivity contribution in [2.45, 2.75) is 64.7 Å². The molecule has 2 heterocycles. The van der Waals surface area contributed by atoms with Gasteiger partial charge in [0.1, 0.15) is 11.9 Å². The molecule has 2 aliphatic heterocycles. The van der Waals surface area contributed by atoms with Crippen LogP contribution in [0.4, 0.5) is 15.8 Å². The van der Waals surface area contributed by atoms with Gasteiger partial charge in [0.2, 0.25) is 0 Å². The van der Waals surface area contributed by atoms with Gasteiger partial charge in [-0.2, -0.15) is 0 Å². The summed E-state index contributed by atoms with van der Waals surface area (Å²) >= 11 is 0. The number of carbonyl (C=O) groups excluding carboxylic acids is 1. The van der Waals surface area contributed by atoms with Crippen LogP contribution in [0.3, 0.4) is 0 Å². The second kappa shape index (κ2) is 9.02. The lowest BCUT2D eigenvalue weighted by atomic mass is 10.0. The average molecular weight is 378 g/mol. The molecular weight excluding hydrogens is 347 g/mol. The standard InChI is InChI=1S/C21H31FN2O3/c1-14(2)19-7-4-10-24(19)20-9-8-16(12-18(20)22)23-21(25)15(3)27-13-17-6-5-11-26-17/h8-9,12,14-15,17,19H,4-7,10-11,13H2,1-3H3,(H,23,25). The SMILES string of the molecule is CC(OCC1CCCO1)C(=O)Nc1ccc(N2CCCC2C(C)C)c(F)c1. The maximum Gasteiger partial charge on any atom is 0.253 e. The number of rotatable bonds is 7. The van der Waals surface area contributed by atoms with Gasteiger partial charge in [-0.15, -0.1) is 0 Å². The van der Waals surface area contributed by atoms with Crippen LogP contribution in [-0.2, 0) is 14.3 Å². The number of hydrogen-bond donors (Lipinski definition) is 1. The van der Waals surface area contributed by atoms with Gasteiger partial charge in [-0.25, -0.2) is 4.39 Å². The first-order valence-electron chi connectivity index (χ1n) is 10.1. The lowest BCUT2D eigenvalue weighted by molar-refractivity contribution is -0.128. The van der Waals surface area contributed by atoms with Gasteiger partial charge in [0.05, 0.1) is 18.4 Å². The quantitative estimate of drug-likeness (QED) is 0.780. The Morgan fingerprint density at radius 3 is 2.81 bits per heavy atom. The zero-order valence-electron chi connectivity index (χ0n) is 16.5. The number of carbonyl (C=O) groups is 1. The monoisotopic (exact) mass is 378 g/mol. The largest absolute Gasteiger partial charge is 0.376 e. The van der Waals surface area contributed by atoms with Gasteiger partial charge >= 0.3 is 0 Å². The minimum atomic E-state index is -0.610. The highest BCUT2D eigenvalue weighted by Gasteiger charge is 2.29. The van der Waals surface area contributed by atoms with Gasteiger partial charge in [-0.1, -0.05) is 13.8 Å². The number of hydrogen-bond acceptors (Lipinski definition) is 4. The van der Waals surface area contributed by atoms with Crippen molar-refractivity contribution in [1.82, 2.24) is 0 Å². The van der Waals surface area contributed by atoms with Crippen molar-refractivity contribution in [3.63, 3.8) is 0 Å². The molecule has 5 nitrogen and oxygen atoms in total. The molecule has 0 aliphatic carbocycles. The smallest absolute Gasteiger partial charge is 0.253 e. The number of amides is 1. The Balaban J connectivity index is 1.57. The van der Waals surface area contributed by atoms with Crippen LogP contribution in [-0.4, -0.2) is 43.9 Å². The summed E-state index contributed by atoms with van der Waals surface area (Å²) in [6, 6.07) is 5.30. The molecule has 0 aromatic heterocycles. The normalized spacial score (nSPS) is 23.8. The Kier molecular flexibility index (Phi) is 6.71. The molecule has 6 heteroatoms. The first-order chi connectivity index (χ1) is 13.0. The summed E-state index contributed by atoms with van der Waals surface area (Å²) in [6.07, 6.45) is 3.64. The topological polar surface area (TPSA) is 50.8 Å². The lowest BCUT2D eigenvalue weighted by Gasteiger charge is -2.30.